The molecule has 2 fully saturated rings. The molecule has 0 radical (unpaired) electrons. The van der Waals surface area contributed by atoms with E-state index >= 15 is 0 Å². The summed E-state index contributed by atoms with van der Waals surface area (Å²) >= 11 is 0. The standard InChI is InChI=1S/C13H24N2O2/c1-13(2)10(7-11(13)16)14-8-12(17)15-9-5-3-4-6-9/h9-11,14,16H,3-8H2,1-2H3,(H,15,17). The van der Waals surface area contributed by atoms with Crippen LogP contribution in [-0.2, 0) is 4.79 Å². The average molecular weight is 240 g/mol. The van der Waals surface area contributed by atoms with Crippen LogP contribution in [0.15, 0.2) is 0 Å². The maximum absolute atomic E-state index is 11.7. The highest BCUT2D eigenvalue weighted by molar-refractivity contribution is 5.78. The number of amides is 1. The van der Waals surface area contributed by atoms with Gasteiger partial charge in [0.15, 0.2) is 0 Å². The summed E-state index contributed by atoms with van der Waals surface area (Å²) in [5.74, 6) is 0.0917. The molecule has 0 aromatic heterocycles. The highest BCUT2D eigenvalue weighted by atomic mass is 16.3. The number of carbonyl (C=O) groups is 1. The largest absolute Gasteiger partial charge is 0.392 e. The predicted molar refractivity (Wildman–Crippen MR) is 66.6 cm³/mol. The van der Waals surface area contributed by atoms with Crippen molar-refractivity contribution in [3.63, 3.8) is 0 Å². The molecule has 17 heavy (non-hydrogen) atoms. The summed E-state index contributed by atoms with van der Waals surface area (Å²) in [5.41, 5.74) is -0.104. The molecule has 1 amide bonds. The van der Waals surface area contributed by atoms with Crippen LogP contribution in [0.2, 0.25) is 0 Å². The highest BCUT2D eigenvalue weighted by Crippen LogP contribution is 2.40. The van der Waals surface area contributed by atoms with Crippen molar-refractivity contribution in [3.8, 4) is 0 Å². The summed E-state index contributed by atoms with van der Waals surface area (Å²) in [5, 5.41) is 15.9. The van der Waals surface area contributed by atoms with Gasteiger partial charge in [-0.2, -0.15) is 0 Å². The molecule has 0 spiro atoms. The topological polar surface area (TPSA) is 61.4 Å². The smallest absolute Gasteiger partial charge is 0.234 e. The Labute approximate surface area is 103 Å². The summed E-state index contributed by atoms with van der Waals surface area (Å²) in [6.45, 7) is 4.44. The fourth-order valence-electron chi connectivity index (χ4n) is 2.81. The van der Waals surface area contributed by atoms with Gasteiger partial charge in [0.1, 0.15) is 0 Å². The zero-order valence-electron chi connectivity index (χ0n) is 10.8. The maximum atomic E-state index is 11.7. The second kappa shape index (κ2) is 4.94. The summed E-state index contributed by atoms with van der Waals surface area (Å²) < 4.78 is 0. The molecule has 2 atom stereocenters. The van der Waals surface area contributed by atoms with Gasteiger partial charge in [0.2, 0.25) is 5.91 Å². The first-order valence-corrected chi connectivity index (χ1v) is 6.71. The Bertz CT molecular complexity index is 285. The number of carbonyl (C=O) groups excluding carboxylic acids is 1. The van der Waals surface area contributed by atoms with Crippen LogP contribution in [0.3, 0.4) is 0 Å². The molecule has 2 aliphatic carbocycles. The van der Waals surface area contributed by atoms with Gasteiger partial charge in [-0.15, -0.1) is 0 Å². The van der Waals surface area contributed by atoms with E-state index in [1.54, 1.807) is 0 Å². The lowest BCUT2D eigenvalue weighted by atomic mass is 9.64. The minimum absolute atomic E-state index is 0.0917. The van der Waals surface area contributed by atoms with E-state index < -0.39 is 0 Å². The van der Waals surface area contributed by atoms with Crippen LogP contribution in [0.5, 0.6) is 0 Å². The quantitative estimate of drug-likeness (QED) is 0.681. The predicted octanol–water partition coefficient (Wildman–Crippen LogP) is 0.794. The zero-order valence-corrected chi connectivity index (χ0v) is 10.8. The molecule has 0 bridgehead atoms. The molecular formula is C13H24N2O2. The minimum atomic E-state index is -0.238. The van der Waals surface area contributed by atoms with Gasteiger partial charge in [0.25, 0.3) is 0 Å². The van der Waals surface area contributed by atoms with E-state index in [-0.39, 0.29) is 23.5 Å². The Morgan fingerprint density at radius 2 is 2.00 bits per heavy atom. The summed E-state index contributed by atoms with van der Waals surface area (Å²) in [6, 6.07) is 0.649. The number of aliphatic hydroxyl groups is 1. The third kappa shape index (κ3) is 2.80. The van der Waals surface area contributed by atoms with Crippen molar-refractivity contribution in [2.45, 2.75) is 64.1 Å². The molecule has 2 saturated carbocycles. The number of hydrogen-bond acceptors (Lipinski definition) is 3. The van der Waals surface area contributed by atoms with E-state index in [0.29, 0.717) is 12.6 Å². The molecule has 2 rings (SSSR count). The molecule has 2 aliphatic rings. The van der Waals surface area contributed by atoms with Gasteiger partial charge in [-0.05, 0) is 19.3 Å². The fraction of sp³-hybridized carbons (Fsp3) is 0.923. The first kappa shape index (κ1) is 12.8. The highest BCUT2D eigenvalue weighted by Gasteiger charge is 2.46. The van der Waals surface area contributed by atoms with Crippen LogP contribution in [-0.4, -0.2) is 35.7 Å². The maximum Gasteiger partial charge on any atom is 0.234 e. The number of hydrogen-bond donors (Lipinski definition) is 3. The molecule has 0 heterocycles. The Morgan fingerprint density at radius 3 is 2.53 bits per heavy atom. The first-order chi connectivity index (χ1) is 8.00. The van der Waals surface area contributed by atoms with Crippen LogP contribution >= 0.6 is 0 Å². The molecule has 0 saturated heterocycles. The van der Waals surface area contributed by atoms with Gasteiger partial charge in [-0.3, -0.25) is 4.79 Å². The monoisotopic (exact) mass is 240 g/mol. The van der Waals surface area contributed by atoms with E-state index in [9.17, 15) is 9.90 Å². The Hall–Kier alpha value is -0.610. The molecule has 0 aromatic carbocycles. The van der Waals surface area contributed by atoms with Crippen molar-refractivity contribution in [1.82, 2.24) is 10.6 Å². The van der Waals surface area contributed by atoms with Crippen molar-refractivity contribution >= 4 is 5.91 Å². The van der Waals surface area contributed by atoms with Crippen molar-refractivity contribution in [2.24, 2.45) is 5.41 Å². The Kier molecular flexibility index (Phi) is 3.73. The third-order valence-electron chi connectivity index (χ3n) is 4.45. The zero-order chi connectivity index (χ0) is 12.5. The normalized spacial score (nSPS) is 32.2. The first-order valence-electron chi connectivity index (χ1n) is 6.71. The van der Waals surface area contributed by atoms with E-state index in [2.05, 4.69) is 10.6 Å². The van der Waals surface area contributed by atoms with E-state index in [1.165, 1.54) is 12.8 Å². The van der Waals surface area contributed by atoms with Crippen LogP contribution in [0.25, 0.3) is 0 Å². The molecule has 3 N–H and O–H groups in total. The van der Waals surface area contributed by atoms with Crippen molar-refractivity contribution in [3.05, 3.63) is 0 Å². The lowest BCUT2D eigenvalue weighted by Crippen LogP contribution is -2.61. The summed E-state index contributed by atoms with van der Waals surface area (Å²) in [6.07, 6.45) is 5.24. The van der Waals surface area contributed by atoms with Gasteiger partial charge >= 0.3 is 0 Å². The second-order valence-corrected chi connectivity index (χ2v) is 6.06. The average Bonchev–Trinajstić information content (AvgIpc) is 2.76. The van der Waals surface area contributed by atoms with Crippen molar-refractivity contribution in [2.75, 3.05) is 6.54 Å². The van der Waals surface area contributed by atoms with Gasteiger partial charge < -0.3 is 15.7 Å². The van der Waals surface area contributed by atoms with Crippen LogP contribution in [0.1, 0.15) is 46.0 Å². The second-order valence-electron chi connectivity index (χ2n) is 6.06. The Balaban J connectivity index is 1.66. The van der Waals surface area contributed by atoms with Gasteiger partial charge in [-0.25, -0.2) is 0 Å². The fourth-order valence-corrected chi connectivity index (χ4v) is 2.81. The van der Waals surface area contributed by atoms with E-state index in [1.807, 2.05) is 13.8 Å². The molecular weight excluding hydrogens is 216 g/mol. The molecule has 0 aliphatic heterocycles. The van der Waals surface area contributed by atoms with Crippen LogP contribution in [0, 0.1) is 5.41 Å². The lowest BCUT2D eigenvalue weighted by Gasteiger charge is -2.49. The molecule has 98 valence electrons. The van der Waals surface area contributed by atoms with Crippen LogP contribution < -0.4 is 10.6 Å². The number of nitrogens with one attached hydrogen (secondary N) is 2. The Morgan fingerprint density at radius 1 is 1.35 bits per heavy atom. The molecule has 4 nitrogen and oxygen atoms in total. The van der Waals surface area contributed by atoms with Gasteiger partial charge in [0.05, 0.1) is 12.6 Å². The van der Waals surface area contributed by atoms with Crippen molar-refractivity contribution < 1.29 is 9.90 Å². The van der Waals surface area contributed by atoms with E-state index in [0.717, 1.165) is 19.3 Å². The van der Waals surface area contributed by atoms with Crippen LogP contribution in [0.4, 0.5) is 0 Å². The molecule has 2 unspecified atom stereocenters. The minimum Gasteiger partial charge on any atom is -0.392 e. The summed E-state index contributed by atoms with van der Waals surface area (Å²) in [4.78, 5) is 11.7. The van der Waals surface area contributed by atoms with E-state index in [4.69, 9.17) is 0 Å². The number of aliphatic hydroxyl groups excluding tert-OH is 1. The molecule has 0 aromatic rings. The SMILES string of the molecule is CC1(C)C(O)CC1NCC(=O)NC1CCCC1. The third-order valence-corrected chi connectivity index (χ3v) is 4.45. The summed E-state index contributed by atoms with van der Waals surface area (Å²) in [7, 11) is 0. The number of rotatable bonds is 4. The van der Waals surface area contributed by atoms with Gasteiger partial charge in [-0.1, -0.05) is 26.7 Å². The molecule has 4 heteroatoms. The van der Waals surface area contributed by atoms with Crippen molar-refractivity contribution in [1.29, 1.82) is 0 Å². The lowest BCUT2D eigenvalue weighted by molar-refractivity contribution is -0.122. The van der Waals surface area contributed by atoms with Gasteiger partial charge in [0, 0.05) is 17.5 Å².